The summed E-state index contributed by atoms with van der Waals surface area (Å²) in [6.45, 7) is 0. The number of hydrogen-bond acceptors (Lipinski definition) is 6. The number of H-pyrrole nitrogens is 1. The van der Waals surface area contributed by atoms with Crippen LogP contribution in [0.25, 0.3) is 17.1 Å². The molecule has 3 rings (SSSR count). The van der Waals surface area contributed by atoms with Gasteiger partial charge in [-0.2, -0.15) is 0 Å². The van der Waals surface area contributed by atoms with E-state index in [1.807, 2.05) is 24.3 Å². The van der Waals surface area contributed by atoms with Crippen LogP contribution in [0.3, 0.4) is 0 Å². The van der Waals surface area contributed by atoms with Gasteiger partial charge in [0.15, 0.2) is 5.16 Å². The van der Waals surface area contributed by atoms with E-state index in [4.69, 9.17) is 14.2 Å². The van der Waals surface area contributed by atoms with Crippen molar-refractivity contribution in [1.29, 1.82) is 0 Å². The molecule has 3 aromatic rings. The first-order chi connectivity index (χ1) is 13.0. The molecular formula is C19H18N2O5S. The number of nitrogens with zero attached hydrogens (tertiary/aromatic N) is 1. The number of para-hydroxylation sites is 2. The normalized spacial score (nSPS) is 11.4. The minimum atomic E-state index is -1.08. The monoisotopic (exact) mass is 386 g/mol. The van der Waals surface area contributed by atoms with E-state index in [1.165, 1.54) is 27.4 Å². The maximum Gasteiger partial charge on any atom is 0.342 e. The molecule has 2 N–H and O–H groups in total. The van der Waals surface area contributed by atoms with E-state index in [0.717, 1.165) is 22.8 Å². The maximum absolute atomic E-state index is 11.8. The Morgan fingerprint density at radius 1 is 1.11 bits per heavy atom. The van der Waals surface area contributed by atoms with Crippen LogP contribution in [-0.4, -0.2) is 42.4 Å². The summed E-state index contributed by atoms with van der Waals surface area (Å²) in [6, 6.07) is 10.8. The number of benzene rings is 2. The second kappa shape index (κ2) is 8.05. The van der Waals surface area contributed by atoms with Crippen molar-refractivity contribution in [2.24, 2.45) is 0 Å². The highest BCUT2D eigenvalue weighted by atomic mass is 32.2. The molecule has 0 atom stereocenters. The van der Waals surface area contributed by atoms with Gasteiger partial charge in [-0.3, -0.25) is 0 Å². The van der Waals surface area contributed by atoms with Gasteiger partial charge in [0, 0.05) is 12.1 Å². The number of carboxylic acids is 1. The summed E-state index contributed by atoms with van der Waals surface area (Å²) < 4.78 is 16.0. The molecule has 1 heterocycles. The summed E-state index contributed by atoms with van der Waals surface area (Å²) in [6.07, 6.45) is 1.50. The molecule has 140 valence electrons. The number of ether oxygens (including phenoxy) is 3. The van der Waals surface area contributed by atoms with Crippen LogP contribution in [0.1, 0.15) is 5.56 Å². The number of aromatic nitrogens is 2. The second-order valence-electron chi connectivity index (χ2n) is 5.42. The van der Waals surface area contributed by atoms with Crippen molar-refractivity contribution in [2.75, 3.05) is 21.3 Å². The first-order valence-electron chi connectivity index (χ1n) is 7.93. The smallest absolute Gasteiger partial charge is 0.342 e. The molecule has 0 spiro atoms. The van der Waals surface area contributed by atoms with Gasteiger partial charge in [-0.1, -0.05) is 12.1 Å². The fraction of sp³-hybridized carbons (Fsp3) is 0.158. The number of fused-ring (bicyclic) bond motifs is 1. The van der Waals surface area contributed by atoms with E-state index < -0.39 is 5.97 Å². The quantitative estimate of drug-likeness (QED) is 0.471. The number of aliphatic carboxylic acids is 1. The molecule has 1 aromatic heterocycles. The van der Waals surface area contributed by atoms with Crippen LogP contribution in [0.5, 0.6) is 17.2 Å². The third-order valence-electron chi connectivity index (χ3n) is 3.81. The SMILES string of the molecule is COc1cc(OC)c(/C=C(\Sc2nc3ccccc3[nH]2)C(=O)O)c(OC)c1. The number of methoxy groups -OCH3 is 3. The average Bonchev–Trinajstić information content (AvgIpc) is 3.09. The van der Waals surface area contributed by atoms with E-state index in [9.17, 15) is 9.90 Å². The lowest BCUT2D eigenvalue weighted by molar-refractivity contribution is -0.131. The van der Waals surface area contributed by atoms with Gasteiger partial charge in [0.25, 0.3) is 0 Å². The van der Waals surface area contributed by atoms with Gasteiger partial charge in [0.1, 0.15) is 22.2 Å². The number of nitrogens with one attached hydrogen (secondary N) is 1. The number of aromatic amines is 1. The largest absolute Gasteiger partial charge is 0.496 e. The lowest BCUT2D eigenvalue weighted by atomic mass is 10.1. The van der Waals surface area contributed by atoms with Crippen LogP contribution in [0.4, 0.5) is 0 Å². The summed E-state index contributed by atoms with van der Waals surface area (Å²) in [7, 11) is 4.53. The highest BCUT2D eigenvalue weighted by Crippen LogP contribution is 2.38. The van der Waals surface area contributed by atoms with E-state index in [0.29, 0.717) is 28.0 Å². The molecule has 0 aliphatic rings. The van der Waals surface area contributed by atoms with E-state index >= 15 is 0 Å². The highest BCUT2D eigenvalue weighted by molar-refractivity contribution is 8.04. The van der Waals surface area contributed by atoms with Crippen LogP contribution in [0.15, 0.2) is 46.5 Å². The van der Waals surface area contributed by atoms with Crippen molar-refractivity contribution >= 4 is 34.8 Å². The van der Waals surface area contributed by atoms with Gasteiger partial charge in [0.05, 0.1) is 37.9 Å². The fourth-order valence-electron chi connectivity index (χ4n) is 2.52. The predicted molar refractivity (Wildman–Crippen MR) is 104 cm³/mol. The zero-order valence-corrected chi connectivity index (χ0v) is 15.8. The number of rotatable bonds is 7. The molecule has 7 nitrogen and oxygen atoms in total. The second-order valence-corrected chi connectivity index (χ2v) is 6.45. The van der Waals surface area contributed by atoms with Crippen LogP contribution in [0, 0.1) is 0 Å². The summed E-state index contributed by atoms with van der Waals surface area (Å²) >= 11 is 1.02. The Balaban J connectivity index is 2.04. The number of imidazole rings is 1. The molecular weight excluding hydrogens is 368 g/mol. The Hall–Kier alpha value is -3.13. The molecule has 0 saturated carbocycles. The molecule has 0 aliphatic heterocycles. The highest BCUT2D eigenvalue weighted by Gasteiger charge is 2.17. The number of hydrogen-bond donors (Lipinski definition) is 2. The topological polar surface area (TPSA) is 93.7 Å². The van der Waals surface area contributed by atoms with Crippen molar-refractivity contribution < 1.29 is 24.1 Å². The van der Waals surface area contributed by atoms with Crippen LogP contribution in [-0.2, 0) is 4.79 Å². The Labute approximate surface area is 160 Å². The van der Waals surface area contributed by atoms with Gasteiger partial charge in [0.2, 0.25) is 0 Å². The first kappa shape index (κ1) is 18.7. The lowest BCUT2D eigenvalue weighted by Gasteiger charge is -2.13. The van der Waals surface area contributed by atoms with E-state index in [1.54, 1.807) is 12.1 Å². The predicted octanol–water partition coefficient (Wildman–Crippen LogP) is 3.81. The molecule has 0 amide bonds. The molecule has 0 unspecified atom stereocenters. The molecule has 0 bridgehead atoms. The summed E-state index contributed by atoms with van der Waals surface area (Å²) in [5.41, 5.74) is 2.11. The Kier molecular flexibility index (Phi) is 5.56. The fourth-order valence-corrected chi connectivity index (χ4v) is 3.30. The van der Waals surface area contributed by atoms with Gasteiger partial charge < -0.3 is 24.3 Å². The molecule has 0 fully saturated rings. The summed E-state index contributed by atoms with van der Waals surface area (Å²) in [5, 5.41) is 10.1. The van der Waals surface area contributed by atoms with Crippen LogP contribution in [0.2, 0.25) is 0 Å². The standard InChI is InChI=1S/C19H18N2O5S/c1-24-11-8-15(25-2)12(16(9-11)26-3)10-17(18(22)23)27-19-20-13-6-4-5-7-14(13)21-19/h4-10H,1-3H3,(H,20,21)(H,22,23)/b17-10-. The van der Waals surface area contributed by atoms with Gasteiger partial charge in [-0.05, 0) is 30.0 Å². The molecule has 2 aromatic carbocycles. The van der Waals surface area contributed by atoms with Gasteiger partial charge >= 0.3 is 5.97 Å². The van der Waals surface area contributed by atoms with Crippen molar-refractivity contribution in [3.05, 3.63) is 46.9 Å². The first-order valence-corrected chi connectivity index (χ1v) is 8.75. The van der Waals surface area contributed by atoms with Crippen molar-refractivity contribution in [1.82, 2.24) is 9.97 Å². The van der Waals surface area contributed by atoms with Crippen LogP contribution < -0.4 is 14.2 Å². The average molecular weight is 386 g/mol. The number of carbonyl (C=O) groups is 1. The Morgan fingerprint density at radius 2 is 1.78 bits per heavy atom. The number of thioether (sulfide) groups is 1. The molecule has 0 saturated heterocycles. The number of carboxylic acid groups (broad SMARTS) is 1. The Bertz CT molecular complexity index is 954. The zero-order chi connectivity index (χ0) is 19.4. The lowest BCUT2D eigenvalue weighted by Crippen LogP contribution is -2.00. The van der Waals surface area contributed by atoms with Crippen molar-refractivity contribution in [2.45, 2.75) is 5.16 Å². The van der Waals surface area contributed by atoms with E-state index in [-0.39, 0.29) is 4.91 Å². The zero-order valence-electron chi connectivity index (χ0n) is 15.0. The summed E-state index contributed by atoms with van der Waals surface area (Å²) in [5.74, 6) is 0.341. The Morgan fingerprint density at radius 3 is 2.33 bits per heavy atom. The minimum absolute atomic E-state index is 0.0656. The van der Waals surface area contributed by atoms with Crippen LogP contribution >= 0.6 is 11.8 Å². The minimum Gasteiger partial charge on any atom is -0.496 e. The molecule has 8 heteroatoms. The van der Waals surface area contributed by atoms with Gasteiger partial charge in [-0.25, -0.2) is 9.78 Å². The van der Waals surface area contributed by atoms with Crippen molar-refractivity contribution in [3.8, 4) is 17.2 Å². The van der Waals surface area contributed by atoms with E-state index in [2.05, 4.69) is 9.97 Å². The molecule has 27 heavy (non-hydrogen) atoms. The third-order valence-corrected chi connectivity index (χ3v) is 4.71. The molecule has 0 aliphatic carbocycles. The maximum atomic E-state index is 11.8. The van der Waals surface area contributed by atoms with Gasteiger partial charge in [-0.15, -0.1) is 0 Å². The molecule has 0 radical (unpaired) electrons. The van der Waals surface area contributed by atoms with Crippen molar-refractivity contribution in [3.63, 3.8) is 0 Å². The summed E-state index contributed by atoms with van der Waals surface area (Å²) in [4.78, 5) is 19.4. The third kappa shape index (κ3) is 4.01.